The molecule has 1 aliphatic heterocycles. The van der Waals surface area contributed by atoms with Crippen molar-refractivity contribution in [2.24, 2.45) is 0 Å². The quantitative estimate of drug-likeness (QED) is 0.831. The molecule has 2 N–H and O–H groups in total. The summed E-state index contributed by atoms with van der Waals surface area (Å²) < 4.78 is 0. The molecule has 2 aromatic rings. The summed E-state index contributed by atoms with van der Waals surface area (Å²) in [7, 11) is 0. The number of rotatable bonds is 2. The van der Waals surface area contributed by atoms with Gasteiger partial charge in [0.25, 0.3) is 0 Å². The monoisotopic (exact) mass is 229 g/mol. The van der Waals surface area contributed by atoms with Gasteiger partial charge in [-0.1, -0.05) is 19.4 Å². The van der Waals surface area contributed by atoms with Crippen LogP contribution in [0.4, 0.5) is 0 Å². The third kappa shape index (κ3) is 2.07. The van der Waals surface area contributed by atoms with Crippen LogP contribution < -0.4 is 5.32 Å². The Morgan fingerprint density at radius 3 is 3.06 bits per heavy atom. The Morgan fingerprint density at radius 1 is 1.35 bits per heavy atom. The predicted octanol–water partition coefficient (Wildman–Crippen LogP) is 2.94. The second kappa shape index (κ2) is 4.49. The summed E-state index contributed by atoms with van der Waals surface area (Å²) in [4.78, 5) is 7.93. The summed E-state index contributed by atoms with van der Waals surface area (Å²) in [6.45, 7) is 3.27. The zero-order chi connectivity index (χ0) is 11.7. The number of aryl methyl sites for hydroxylation is 1. The van der Waals surface area contributed by atoms with Gasteiger partial charge in [0.15, 0.2) is 0 Å². The van der Waals surface area contributed by atoms with E-state index in [0.717, 1.165) is 24.3 Å². The van der Waals surface area contributed by atoms with Gasteiger partial charge in [-0.05, 0) is 37.1 Å². The third-order valence-corrected chi connectivity index (χ3v) is 3.60. The van der Waals surface area contributed by atoms with E-state index in [1.54, 1.807) is 0 Å². The van der Waals surface area contributed by atoms with Crippen LogP contribution in [0, 0.1) is 0 Å². The van der Waals surface area contributed by atoms with Crippen LogP contribution in [0.15, 0.2) is 18.2 Å². The first-order chi connectivity index (χ1) is 8.36. The number of piperidine rings is 1. The summed E-state index contributed by atoms with van der Waals surface area (Å²) in [5.41, 5.74) is 3.65. The molecule has 1 fully saturated rings. The van der Waals surface area contributed by atoms with Gasteiger partial charge in [0.05, 0.1) is 11.0 Å². The highest BCUT2D eigenvalue weighted by molar-refractivity contribution is 5.76. The van der Waals surface area contributed by atoms with Gasteiger partial charge in [0.1, 0.15) is 5.82 Å². The molecule has 1 atom stereocenters. The molecule has 0 amide bonds. The standard InChI is InChI=1S/C14H19N3/c1-2-14-16-12-7-6-10(9-13(12)17-14)11-5-3-4-8-15-11/h6-7,9,11,15H,2-5,8H2,1H3,(H,16,17). The highest BCUT2D eigenvalue weighted by atomic mass is 14.9. The lowest BCUT2D eigenvalue weighted by molar-refractivity contribution is 0.412. The van der Waals surface area contributed by atoms with Gasteiger partial charge in [-0.25, -0.2) is 4.98 Å². The Balaban J connectivity index is 1.94. The number of fused-ring (bicyclic) bond motifs is 1. The molecule has 0 saturated carbocycles. The topological polar surface area (TPSA) is 40.7 Å². The van der Waals surface area contributed by atoms with Crippen molar-refractivity contribution in [2.75, 3.05) is 6.54 Å². The zero-order valence-electron chi connectivity index (χ0n) is 10.3. The molecule has 2 heterocycles. The van der Waals surface area contributed by atoms with Crippen molar-refractivity contribution in [3.8, 4) is 0 Å². The molecular formula is C14H19N3. The largest absolute Gasteiger partial charge is 0.342 e. The molecule has 1 saturated heterocycles. The van der Waals surface area contributed by atoms with Crippen molar-refractivity contribution in [1.29, 1.82) is 0 Å². The van der Waals surface area contributed by atoms with Crippen molar-refractivity contribution >= 4 is 11.0 Å². The molecule has 3 rings (SSSR count). The summed E-state index contributed by atoms with van der Waals surface area (Å²) in [6, 6.07) is 7.13. The van der Waals surface area contributed by atoms with Crippen molar-refractivity contribution in [3.63, 3.8) is 0 Å². The van der Waals surface area contributed by atoms with E-state index < -0.39 is 0 Å². The number of nitrogens with one attached hydrogen (secondary N) is 2. The Labute approximate surface area is 102 Å². The van der Waals surface area contributed by atoms with E-state index in [-0.39, 0.29) is 0 Å². The van der Waals surface area contributed by atoms with Gasteiger partial charge in [-0.2, -0.15) is 0 Å². The number of imidazole rings is 1. The molecular weight excluding hydrogens is 210 g/mol. The van der Waals surface area contributed by atoms with E-state index in [1.807, 2.05) is 0 Å². The minimum atomic E-state index is 0.529. The Morgan fingerprint density at radius 2 is 2.29 bits per heavy atom. The second-order valence-electron chi connectivity index (χ2n) is 4.82. The maximum Gasteiger partial charge on any atom is 0.106 e. The summed E-state index contributed by atoms with van der Waals surface area (Å²) in [5.74, 6) is 1.08. The number of aromatic nitrogens is 2. The molecule has 0 radical (unpaired) electrons. The molecule has 3 nitrogen and oxygen atoms in total. The fourth-order valence-corrected chi connectivity index (χ4v) is 2.60. The molecule has 1 aromatic heterocycles. The number of nitrogens with zero attached hydrogens (tertiary/aromatic N) is 1. The average Bonchev–Trinajstić information content (AvgIpc) is 2.81. The number of hydrogen-bond donors (Lipinski definition) is 2. The van der Waals surface area contributed by atoms with Gasteiger partial charge in [0.2, 0.25) is 0 Å². The van der Waals surface area contributed by atoms with Crippen LogP contribution in [0.1, 0.15) is 43.6 Å². The number of H-pyrrole nitrogens is 1. The Hall–Kier alpha value is -1.35. The van der Waals surface area contributed by atoms with E-state index in [0.29, 0.717) is 6.04 Å². The van der Waals surface area contributed by atoms with Crippen LogP contribution in [0.2, 0.25) is 0 Å². The molecule has 1 aliphatic rings. The number of benzene rings is 1. The van der Waals surface area contributed by atoms with Gasteiger partial charge >= 0.3 is 0 Å². The molecule has 1 unspecified atom stereocenters. The number of aromatic amines is 1. The Kier molecular flexibility index (Phi) is 2.85. The van der Waals surface area contributed by atoms with Crippen molar-refractivity contribution in [2.45, 2.75) is 38.6 Å². The SMILES string of the molecule is CCc1nc2ccc(C3CCCCN3)cc2[nH]1. The van der Waals surface area contributed by atoms with Gasteiger partial charge in [0, 0.05) is 12.5 Å². The van der Waals surface area contributed by atoms with Crippen LogP contribution in [-0.2, 0) is 6.42 Å². The molecule has 3 heteroatoms. The zero-order valence-corrected chi connectivity index (χ0v) is 10.3. The van der Waals surface area contributed by atoms with E-state index >= 15 is 0 Å². The van der Waals surface area contributed by atoms with Crippen LogP contribution in [0.25, 0.3) is 11.0 Å². The lowest BCUT2D eigenvalue weighted by Gasteiger charge is -2.23. The first-order valence-corrected chi connectivity index (χ1v) is 6.59. The van der Waals surface area contributed by atoms with Gasteiger partial charge < -0.3 is 10.3 Å². The van der Waals surface area contributed by atoms with Crippen LogP contribution in [0.5, 0.6) is 0 Å². The van der Waals surface area contributed by atoms with E-state index in [2.05, 4.69) is 40.4 Å². The van der Waals surface area contributed by atoms with E-state index in [1.165, 1.54) is 30.3 Å². The Bertz CT molecular complexity index is 509. The normalized spacial score (nSPS) is 20.9. The highest BCUT2D eigenvalue weighted by Gasteiger charge is 2.15. The summed E-state index contributed by atoms with van der Waals surface area (Å²) in [6.07, 6.45) is 4.85. The lowest BCUT2D eigenvalue weighted by atomic mass is 9.97. The smallest absolute Gasteiger partial charge is 0.106 e. The average molecular weight is 229 g/mol. The maximum absolute atomic E-state index is 4.54. The van der Waals surface area contributed by atoms with E-state index in [9.17, 15) is 0 Å². The molecule has 90 valence electrons. The van der Waals surface area contributed by atoms with Gasteiger partial charge in [-0.3, -0.25) is 0 Å². The van der Waals surface area contributed by atoms with Crippen LogP contribution in [0.3, 0.4) is 0 Å². The minimum absolute atomic E-state index is 0.529. The fourth-order valence-electron chi connectivity index (χ4n) is 2.60. The minimum Gasteiger partial charge on any atom is -0.342 e. The van der Waals surface area contributed by atoms with E-state index in [4.69, 9.17) is 0 Å². The lowest BCUT2D eigenvalue weighted by Crippen LogP contribution is -2.26. The van der Waals surface area contributed by atoms with Crippen LogP contribution >= 0.6 is 0 Å². The first-order valence-electron chi connectivity index (χ1n) is 6.59. The first kappa shape index (κ1) is 10.8. The molecule has 0 bridgehead atoms. The van der Waals surface area contributed by atoms with Crippen molar-refractivity contribution in [3.05, 3.63) is 29.6 Å². The third-order valence-electron chi connectivity index (χ3n) is 3.60. The molecule has 0 aliphatic carbocycles. The van der Waals surface area contributed by atoms with Crippen molar-refractivity contribution in [1.82, 2.24) is 15.3 Å². The summed E-state index contributed by atoms with van der Waals surface area (Å²) >= 11 is 0. The summed E-state index contributed by atoms with van der Waals surface area (Å²) in [5, 5.41) is 3.59. The van der Waals surface area contributed by atoms with Gasteiger partial charge in [-0.15, -0.1) is 0 Å². The highest BCUT2D eigenvalue weighted by Crippen LogP contribution is 2.25. The predicted molar refractivity (Wildman–Crippen MR) is 70.1 cm³/mol. The molecule has 17 heavy (non-hydrogen) atoms. The number of hydrogen-bond acceptors (Lipinski definition) is 2. The molecule has 0 spiro atoms. The fraction of sp³-hybridized carbons (Fsp3) is 0.500. The maximum atomic E-state index is 4.54. The second-order valence-corrected chi connectivity index (χ2v) is 4.82. The van der Waals surface area contributed by atoms with Crippen LogP contribution in [-0.4, -0.2) is 16.5 Å². The van der Waals surface area contributed by atoms with Crippen molar-refractivity contribution < 1.29 is 0 Å². The molecule has 1 aromatic carbocycles.